The summed E-state index contributed by atoms with van der Waals surface area (Å²) < 4.78 is 5.21. The van der Waals surface area contributed by atoms with Gasteiger partial charge in [-0.2, -0.15) is 0 Å². The number of hydrogen-bond donors (Lipinski definition) is 3. The van der Waals surface area contributed by atoms with Crippen LogP contribution in [-0.4, -0.2) is 22.5 Å². The van der Waals surface area contributed by atoms with Crippen molar-refractivity contribution in [3.8, 4) is 11.5 Å². The number of rotatable bonds is 5. The molecule has 3 rings (SSSR count). The second-order valence-corrected chi connectivity index (χ2v) is 5.73. The topological polar surface area (TPSA) is 95.3 Å². The van der Waals surface area contributed by atoms with Gasteiger partial charge in [-0.3, -0.25) is 9.59 Å². The maximum absolute atomic E-state index is 12.2. The van der Waals surface area contributed by atoms with Gasteiger partial charge in [-0.1, -0.05) is 29.8 Å². The van der Waals surface area contributed by atoms with Crippen LogP contribution in [0.3, 0.4) is 0 Å². The zero-order valence-corrected chi connectivity index (χ0v) is 13.7. The van der Waals surface area contributed by atoms with E-state index in [0.717, 1.165) is 5.56 Å². The van der Waals surface area contributed by atoms with Crippen LogP contribution in [0, 0.1) is 6.92 Å². The molecule has 0 aliphatic rings. The molecule has 0 spiro atoms. The number of aryl methyl sites for hydroxylation is 1. The molecule has 2 aromatic heterocycles. The van der Waals surface area contributed by atoms with Gasteiger partial charge in [-0.15, -0.1) is 0 Å². The molecule has 128 valence electrons. The fraction of sp³-hybridized carbons (Fsp3) is 0.158. The molecule has 0 fully saturated rings. The summed E-state index contributed by atoms with van der Waals surface area (Å²) in [5, 5.41) is 12.7. The lowest BCUT2D eigenvalue weighted by Crippen LogP contribution is -2.32. The second-order valence-electron chi connectivity index (χ2n) is 5.73. The molecule has 0 saturated heterocycles. The summed E-state index contributed by atoms with van der Waals surface area (Å²) in [5.41, 5.74) is 1.74. The highest BCUT2D eigenvalue weighted by molar-refractivity contribution is 5.94. The average Bonchev–Trinajstić information content (AvgIpc) is 3.14. The third-order valence-corrected chi connectivity index (χ3v) is 3.86. The van der Waals surface area contributed by atoms with Crippen LogP contribution < -0.4 is 10.9 Å². The van der Waals surface area contributed by atoms with E-state index in [-0.39, 0.29) is 12.1 Å². The third-order valence-electron chi connectivity index (χ3n) is 3.86. The van der Waals surface area contributed by atoms with E-state index in [2.05, 4.69) is 10.3 Å². The van der Waals surface area contributed by atoms with E-state index in [1.807, 2.05) is 19.1 Å². The number of carbonyl (C=O) groups is 1. The largest absolute Gasteiger partial charge is 0.463 e. The molecule has 3 N–H and O–H groups in total. The van der Waals surface area contributed by atoms with Crippen molar-refractivity contribution >= 4 is 5.91 Å². The van der Waals surface area contributed by atoms with Crippen molar-refractivity contribution in [3.63, 3.8) is 0 Å². The standard InChI is InChI=1S/C19H18N2O4/c1-12-4-6-13(7-5-12)16(22)11-20-18(23)14-8-9-15(21-19(14)24)17-3-2-10-25-17/h2-10,16,22H,11H2,1H3,(H,20,23)(H,21,24)/t16-/m1/s1. The fourth-order valence-electron chi connectivity index (χ4n) is 2.42. The van der Waals surface area contributed by atoms with Crippen molar-refractivity contribution < 1.29 is 14.3 Å². The van der Waals surface area contributed by atoms with Crippen molar-refractivity contribution in [2.75, 3.05) is 6.54 Å². The molecule has 2 heterocycles. The number of pyridine rings is 1. The quantitative estimate of drug-likeness (QED) is 0.666. The maximum atomic E-state index is 12.2. The Balaban J connectivity index is 1.67. The first-order chi connectivity index (χ1) is 12.0. The lowest BCUT2D eigenvalue weighted by atomic mass is 10.1. The van der Waals surface area contributed by atoms with E-state index >= 15 is 0 Å². The van der Waals surface area contributed by atoms with E-state index in [9.17, 15) is 14.7 Å². The molecule has 0 radical (unpaired) electrons. The lowest BCUT2D eigenvalue weighted by molar-refractivity contribution is 0.0915. The van der Waals surface area contributed by atoms with E-state index in [0.29, 0.717) is 17.0 Å². The number of amides is 1. The highest BCUT2D eigenvalue weighted by Gasteiger charge is 2.14. The molecule has 3 aromatic rings. The van der Waals surface area contributed by atoms with E-state index < -0.39 is 17.6 Å². The molecule has 0 aliphatic carbocycles. The van der Waals surface area contributed by atoms with Crippen LogP contribution in [-0.2, 0) is 0 Å². The Morgan fingerprint density at radius 1 is 1.20 bits per heavy atom. The van der Waals surface area contributed by atoms with Gasteiger partial charge in [0.25, 0.3) is 11.5 Å². The Morgan fingerprint density at radius 3 is 2.60 bits per heavy atom. The van der Waals surface area contributed by atoms with Crippen molar-refractivity contribution in [2.24, 2.45) is 0 Å². The number of carbonyl (C=O) groups excluding carboxylic acids is 1. The van der Waals surface area contributed by atoms with E-state index in [1.165, 1.54) is 12.3 Å². The molecule has 1 atom stereocenters. The predicted molar refractivity (Wildman–Crippen MR) is 93.2 cm³/mol. The van der Waals surface area contributed by atoms with Crippen LogP contribution in [0.2, 0.25) is 0 Å². The SMILES string of the molecule is Cc1ccc([C@H](O)CNC(=O)c2ccc(-c3ccco3)[nH]c2=O)cc1. The monoisotopic (exact) mass is 338 g/mol. The summed E-state index contributed by atoms with van der Waals surface area (Å²) in [4.78, 5) is 26.9. The summed E-state index contributed by atoms with van der Waals surface area (Å²) in [6, 6.07) is 13.8. The molecule has 6 nitrogen and oxygen atoms in total. The number of aromatic amines is 1. The van der Waals surface area contributed by atoms with Crippen molar-refractivity contribution in [1.29, 1.82) is 0 Å². The molecule has 1 amide bonds. The molecule has 0 bridgehead atoms. The minimum absolute atomic E-state index is 0.0151. The van der Waals surface area contributed by atoms with Gasteiger partial charge in [-0.05, 0) is 36.8 Å². The molecular formula is C19H18N2O4. The number of furan rings is 1. The number of benzene rings is 1. The van der Waals surface area contributed by atoms with Crippen LogP contribution in [0.4, 0.5) is 0 Å². The van der Waals surface area contributed by atoms with Gasteiger partial charge < -0.3 is 19.8 Å². The Labute approximate surface area is 144 Å². The van der Waals surface area contributed by atoms with Crippen LogP contribution in [0.25, 0.3) is 11.5 Å². The Kier molecular flexibility index (Phi) is 4.81. The lowest BCUT2D eigenvalue weighted by Gasteiger charge is -2.12. The first-order valence-corrected chi connectivity index (χ1v) is 7.84. The van der Waals surface area contributed by atoms with Gasteiger partial charge in [0.1, 0.15) is 11.3 Å². The highest BCUT2D eigenvalue weighted by Crippen LogP contribution is 2.16. The minimum Gasteiger partial charge on any atom is -0.463 e. The minimum atomic E-state index is -0.842. The van der Waals surface area contributed by atoms with Crippen molar-refractivity contribution in [1.82, 2.24) is 10.3 Å². The molecule has 6 heteroatoms. The summed E-state index contributed by atoms with van der Waals surface area (Å²) in [5.74, 6) is -0.0303. The van der Waals surface area contributed by atoms with Crippen LogP contribution >= 0.6 is 0 Å². The van der Waals surface area contributed by atoms with E-state index in [1.54, 1.807) is 30.3 Å². The first-order valence-electron chi connectivity index (χ1n) is 7.84. The first kappa shape index (κ1) is 16.7. The average molecular weight is 338 g/mol. The number of hydrogen-bond acceptors (Lipinski definition) is 4. The second kappa shape index (κ2) is 7.19. The third kappa shape index (κ3) is 3.87. The molecule has 0 unspecified atom stereocenters. The van der Waals surface area contributed by atoms with Gasteiger partial charge in [0.15, 0.2) is 0 Å². The van der Waals surface area contributed by atoms with Crippen LogP contribution in [0.1, 0.15) is 27.6 Å². The van der Waals surface area contributed by atoms with Gasteiger partial charge >= 0.3 is 0 Å². The zero-order valence-electron chi connectivity index (χ0n) is 13.7. The van der Waals surface area contributed by atoms with Gasteiger partial charge in [0, 0.05) is 6.54 Å². The van der Waals surface area contributed by atoms with Crippen LogP contribution in [0.5, 0.6) is 0 Å². The smallest absolute Gasteiger partial charge is 0.261 e. The molecule has 0 saturated carbocycles. The van der Waals surface area contributed by atoms with Gasteiger partial charge in [0.2, 0.25) is 0 Å². The highest BCUT2D eigenvalue weighted by atomic mass is 16.3. The summed E-state index contributed by atoms with van der Waals surface area (Å²) in [6.07, 6.45) is 0.659. The van der Waals surface area contributed by atoms with Crippen molar-refractivity contribution in [2.45, 2.75) is 13.0 Å². The predicted octanol–water partition coefficient (Wildman–Crippen LogP) is 2.41. The molecule has 1 aromatic carbocycles. The molecule has 25 heavy (non-hydrogen) atoms. The Hall–Kier alpha value is -3.12. The van der Waals surface area contributed by atoms with Gasteiger partial charge in [0.05, 0.1) is 18.1 Å². The number of aromatic nitrogens is 1. The number of aliphatic hydroxyl groups excluding tert-OH is 1. The molecular weight excluding hydrogens is 320 g/mol. The van der Waals surface area contributed by atoms with Gasteiger partial charge in [-0.25, -0.2) is 0 Å². The summed E-state index contributed by atoms with van der Waals surface area (Å²) in [7, 11) is 0. The fourth-order valence-corrected chi connectivity index (χ4v) is 2.42. The van der Waals surface area contributed by atoms with Crippen molar-refractivity contribution in [3.05, 3.63) is 81.8 Å². The summed E-state index contributed by atoms with van der Waals surface area (Å²) >= 11 is 0. The normalized spacial score (nSPS) is 11.9. The number of nitrogens with one attached hydrogen (secondary N) is 2. The zero-order chi connectivity index (χ0) is 17.8. The number of aliphatic hydroxyl groups is 1. The Bertz CT molecular complexity index is 911. The molecule has 0 aliphatic heterocycles. The maximum Gasteiger partial charge on any atom is 0.261 e. The van der Waals surface area contributed by atoms with Crippen LogP contribution in [0.15, 0.2) is 64.0 Å². The Morgan fingerprint density at radius 2 is 1.96 bits per heavy atom. The summed E-state index contributed by atoms with van der Waals surface area (Å²) in [6.45, 7) is 1.97. The number of H-pyrrole nitrogens is 1. The van der Waals surface area contributed by atoms with E-state index in [4.69, 9.17) is 4.42 Å².